The number of carbonyl (C=O) groups excluding carboxylic acids is 1. The Hall–Kier alpha value is -2.53. The Balaban J connectivity index is 1.55. The lowest BCUT2D eigenvalue weighted by Crippen LogP contribution is -2.16. The Morgan fingerprint density at radius 1 is 1.15 bits per heavy atom. The van der Waals surface area contributed by atoms with Crippen molar-refractivity contribution in [3.05, 3.63) is 54.1 Å². The van der Waals surface area contributed by atoms with Crippen LogP contribution in [0.25, 0.3) is 0 Å². The Bertz CT molecular complexity index is 708. The highest BCUT2D eigenvalue weighted by Gasteiger charge is 2.16. The number of hydrogen-bond acceptors (Lipinski definition) is 4. The number of ether oxygens (including phenoxy) is 3. The van der Waals surface area contributed by atoms with Gasteiger partial charge in [0.25, 0.3) is 5.91 Å². The molecule has 0 aromatic heterocycles. The van der Waals surface area contributed by atoms with Crippen LogP contribution in [0.5, 0.6) is 11.5 Å². The highest BCUT2D eigenvalue weighted by atomic mass is 16.5. The first-order valence-electron chi connectivity index (χ1n) is 9.13. The number of nitrogens with one attached hydrogen (secondary N) is 1. The van der Waals surface area contributed by atoms with Crippen molar-refractivity contribution in [2.75, 3.05) is 25.1 Å². The number of hydrogen-bond donors (Lipinski definition) is 1. The third-order valence-electron chi connectivity index (χ3n) is 4.14. The Kier molecular flexibility index (Phi) is 6.50. The molecule has 5 heteroatoms. The van der Waals surface area contributed by atoms with Crippen LogP contribution >= 0.6 is 0 Å². The van der Waals surface area contributed by atoms with Gasteiger partial charge in [0, 0.05) is 23.9 Å². The monoisotopic (exact) mass is 355 g/mol. The van der Waals surface area contributed by atoms with Crippen molar-refractivity contribution in [2.24, 2.45) is 0 Å². The SMILES string of the molecule is CCCOc1ccc(C(=O)Nc2cccc(OC[C@@H]3CCCO3)c2)cc1. The molecule has 1 heterocycles. The quantitative estimate of drug-likeness (QED) is 0.768. The second-order valence-corrected chi connectivity index (χ2v) is 6.30. The van der Waals surface area contributed by atoms with E-state index in [1.807, 2.05) is 36.4 Å². The van der Waals surface area contributed by atoms with Crippen molar-refractivity contribution in [3.63, 3.8) is 0 Å². The van der Waals surface area contributed by atoms with Gasteiger partial charge in [0.05, 0.1) is 12.7 Å². The molecule has 1 aliphatic rings. The zero-order chi connectivity index (χ0) is 18.2. The van der Waals surface area contributed by atoms with Crippen molar-refractivity contribution >= 4 is 11.6 Å². The molecule has 1 aliphatic heterocycles. The number of benzene rings is 2. The molecule has 1 saturated heterocycles. The first kappa shape index (κ1) is 18.3. The van der Waals surface area contributed by atoms with Gasteiger partial charge in [-0.15, -0.1) is 0 Å². The Morgan fingerprint density at radius 2 is 2.00 bits per heavy atom. The zero-order valence-corrected chi connectivity index (χ0v) is 15.1. The molecule has 1 amide bonds. The van der Waals surface area contributed by atoms with Crippen LogP contribution in [0.1, 0.15) is 36.5 Å². The zero-order valence-electron chi connectivity index (χ0n) is 15.1. The Labute approximate surface area is 154 Å². The molecule has 1 N–H and O–H groups in total. The summed E-state index contributed by atoms with van der Waals surface area (Å²) in [7, 11) is 0. The Morgan fingerprint density at radius 3 is 2.73 bits per heavy atom. The van der Waals surface area contributed by atoms with Gasteiger partial charge in [-0.3, -0.25) is 4.79 Å². The summed E-state index contributed by atoms with van der Waals surface area (Å²) in [5.41, 5.74) is 1.28. The van der Waals surface area contributed by atoms with E-state index in [1.165, 1.54) is 0 Å². The lowest BCUT2D eigenvalue weighted by molar-refractivity contribution is 0.0680. The van der Waals surface area contributed by atoms with Crippen molar-refractivity contribution in [1.82, 2.24) is 0 Å². The van der Waals surface area contributed by atoms with Crippen LogP contribution in [0.3, 0.4) is 0 Å². The third kappa shape index (κ3) is 5.23. The van der Waals surface area contributed by atoms with Crippen molar-refractivity contribution in [2.45, 2.75) is 32.3 Å². The maximum atomic E-state index is 12.4. The predicted octanol–water partition coefficient (Wildman–Crippen LogP) is 4.29. The van der Waals surface area contributed by atoms with E-state index in [9.17, 15) is 4.79 Å². The summed E-state index contributed by atoms with van der Waals surface area (Å²) in [6.07, 6.45) is 3.25. The maximum absolute atomic E-state index is 12.4. The molecule has 0 unspecified atom stereocenters. The predicted molar refractivity (Wildman–Crippen MR) is 101 cm³/mol. The second-order valence-electron chi connectivity index (χ2n) is 6.30. The van der Waals surface area contributed by atoms with Gasteiger partial charge in [0.15, 0.2) is 0 Å². The van der Waals surface area contributed by atoms with Crippen LogP contribution in [-0.4, -0.2) is 31.8 Å². The number of carbonyl (C=O) groups is 1. The largest absolute Gasteiger partial charge is 0.494 e. The van der Waals surface area contributed by atoms with Crippen LogP contribution in [0.15, 0.2) is 48.5 Å². The molecule has 2 aromatic carbocycles. The summed E-state index contributed by atoms with van der Waals surface area (Å²) in [5.74, 6) is 1.33. The van der Waals surface area contributed by atoms with Gasteiger partial charge in [-0.1, -0.05) is 13.0 Å². The minimum Gasteiger partial charge on any atom is -0.494 e. The average Bonchev–Trinajstić information content (AvgIpc) is 3.19. The second kappa shape index (κ2) is 9.25. The number of amides is 1. The van der Waals surface area contributed by atoms with E-state index in [1.54, 1.807) is 12.1 Å². The molecule has 5 nitrogen and oxygen atoms in total. The van der Waals surface area contributed by atoms with E-state index >= 15 is 0 Å². The van der Waals surface area contributed by atoms with Gasteiger partial charge in [-0.2, -0.15) is 0 Å². The van der Waals surface area contributed by atoms with Crippen LogP contribution in [0.4, 0.5) is 5.69 Å². The van der Waals surface area contributed by atoms with E-state index < -0.39 is 0 Å². The van der Waals surface area contributed by atoms with Gasteiger partial charge < -0.3 is 19.5 Å². The molecule has 1 atom stereocenters. The van der Waals surface area contributed by atoms with E-state index in [-0.39, 0.29) is 12.0 Å². The summed E-state index contributed by atoms with van der Waals surface area (Å²) in [6.45, 7) is 4.08. The van der Waals surface area contributed by atoms with Crippen LogP contribution in [0.2, 0.25) is 0 Å². The van der Waals surface area contributed by atoms with Crippen LogP contribution < -0.4 is 14.8 Å². The van der Waals surface area contributed by atoms with Crippen LogP contribution in [-0.2, 0) is 4.74 Å². The van der Waals surface area contributed by atoms with E-state index in [4.69, 9.17) is 14.2 Å². The molecular weight excluding hydrogens is 330 g/mol. The van der Waals surface area contributed by atoms with Gasteiger partial charge in [0.1, 0.15) is 18.1 Å². The van der Waals surface area contributed by atoms with Gasteiger partial charge >= 0.3 is 0 Å². The minimum atomic E-state index is -0.164. The fraction of sp³-hybridized carbons (Fsp3) is 0.381. The molecule has 0 saturated carbocycles. The van der Waals surface area contributed by atoms with E-state index in [0.29, 0.717) is 24.5 Å². The summed E-state index contributed by atoms with van der Waals surface area (Å²) >= 11 is 0. The highest BCUT2D eigenvalue weighted by Crippen LogP contribution is 2.21. The number of anilines is 1. The molecule has 2 aromatic rings. The first-order chi connectivity index (χ1) is 12.7. The fourth-order valence-electron chi connectivity index (χ4n) is 2.75. The first-order valence-corrected chi connectivity index (χ1v) is 9.13. The highest BCUT2D eigenvalue weighted by molar-refractivity contribution is 6.04. The molecule has 3 rings (SSSR count). The summed E-state index contributed by atoms with van der Waals surface area (Å²) in [5, 5.41) is 2.90. The topological polar surface area (TPSA) is 56.8 Å². The van der Waals surface area contributed by atoms with Gasteiger partial charge in [-0.05, 0) is 55.7 Å². The minimum absolute atomic E-state index is 0.164. The van der Waals surface area contributed by atoms with Crippen molar-refractivity contribution < 1.29 is 19.0 Å². The summed E-state index contributed by atoms with van der Waals surface area (Å²) < 4.78 is 16.9. The molecule has 1 fully saturated rings. The molecule has 0 radical (unpaired) electrons. The van der Waals surface area contributed by atoms with E-state index in [2.05, 4.69) is 12.2 Å². The standard InChI is InChI=1S/C21H25NO4/c1-2-12-24-18-10-8-16(9-11-18)21(23)22-17-5-3-6-19(14-17)26-15-20-7-4-13-25-20/h3,5-6,8-11,14,20H,2,4,7,12-13,15H2,1H3,(H,22,23)/t20-/m0/s1. The molecule has 26 heavy (non-hydrogen) atoms. The molecular formula is C21H25NO4. The number of rotatable bonds is 8. The van der Waals surface area contributed by atoms with Crippen molar-refractivity contribution in [3.8, 4) is 11.5 Å². The van der Waals surface area contributed by atoms with E-state index in [0.717, 1.165) is 37.4 Å². The lowest BCUT2D eigenvalue weighted by Gasteiger charge is -2.12. The molecule has 0 bridgehead atoms. The summed E-state index contributed by atoms with van der Waals surface area (Å²) in [4.78, 5) is 12.4. The fourth-order valence-corrected chi connectivity index (χ4v) is 2.75. The third-order valence-corrected chi connectivity index (χ3v) is 4.14. The van der Waals surface area contributed by atoms with Gasteiger partial charge in [0.2, 0.25) is 0 Å². The normalized spacial score (nSPS) is 16.3. The molecule has 0 aliphatic carbocycles. The maximum Gasteiger partial charge on any atom is 0.255 e. The van der Waals surface area contributed by atoms with Crippen molar-refractivity contribution in [1.29, 1.82) is 0 Å². The summed E-state index contributed by atoms with van der Waals surface area (Å²) in [6, 6.07) is 14.6. The van der Waals surface area contributed by atoms with Gasteiger partial charge in [-0.25, -0.2) is 0 Å². The average molecular weight is 355 g/mol. The molecule has 0 spiro atoms. The van der Waals surface area contributed by atoms with Crippen LogP contribution in [0, 0.1) is 0 Å². The lowest BCUT2D eigenvalue weighted by atomic mass is 10.2. The molecule has 138 valence electrons. The smallest absolute Gasteiger partial charge is 0.255 e.